The molecule has 2 heterocycles. The molecule has 0 atom stereocenters. The highest BCUT2D eigenvalue weighted by Crippen LogP contribution is 2.44. The van der Waals surface area contributed by atoms with Gasteiger partial charge < -0.3 is 4.90 Å². The molecule has 56 heavy (non-hydrogen) atoms. The van der Waals surface area contributed by atoms with Gasteiger partial charge in [-0.15, -0.1) is 0 Å². The fourth-order valence-corrected chi connectivity index (χ4v) is 9.00. The molecule has 0 saturated heterocycles. The first-order chi connectivity index (χ1) is 27.8. The molecular formula is C54H36BN. The predicted molar refractivity (Wildman–Crippen MR) is 238 cm³/mol. The molecule has 9 aromatic rings. The minimum absolute atomic E-state index is 0.0851. The van der Waals surface area contributed by atoms with E-state index in [9.17, 15) is 0 Å². The summed E-state index contributed by atoms with van der Waals surface area (Å²) in [5.41, 5.74) is 22.5. The van der Waals surface area contributed by atoms with Crippen LogP contribution in [0.1, 0.15) is 0 Å². The van der Waals surface area contributed by atoms with Crippen molar-refractivity contribution in [3.8, 4) is 66.8 Å². The van der Waals surface area contributed by atoms with Gasteiger partial charge in [-0.3, -0.25) is 0 Å². The second-order valence-electron chi connectivity index (χ2n) is 14.9. The van der Waals surface area contributed by atoms with Gasteiger partial charge in [0.15, 0.2) is 0 Å². The second kappa shape index (κ2) is 13.3. The summed E-state index contributed by atoms with van der Waals surface area (Å²) >= 11 is 0. The smallest absolute Gasteiger partial charge is 0.248 e. The van der Waals surface area contributed by atoms with E-state index in [1.54, 1.807) is 0 Å². The maximum absolute atomic E-state index is 2.52. The highest BCUT2D eigenvalue weighted by Gasteiger charge is 2.43. The molecule has 0 bridgehead atoms. The summed E-state index contributed by atoms with van der Waals surface area (Å²) in [7, 11) is 0. The molecule has 2 aliphatic heterocycles. The van der Waals surface area contributed by atoms with Gasteiger partial charge >= 0.3 is 0 Å². The normalized spacial score (nSPS) is 12.2. The maximum atomic E-state index is 2.52. The van der Waals surface area contributed by atoms with Crippen LogP contribution in [-0.2, 0) is 0 Å². The van der Waals surface area contributed by atoms with Crippen LogP contribution in [0.2, 0.25) is 0 Å². The predicted octanol–water partition coefficient (Wildman–Crippen LogP) is 12.3. The van der Waals surface area contributed by atoms with Crippen molar-refractivity contribution in [1.29, 1.82) is 0 Å². The maximum Gasteiger partial charge on any atom is 0.248 e. The summed E-state index contributed by atoms with van der Waals surface area (Å²) in [5, 5.41) is 0. The van der Waals surface area contributed by atoms with Gasteiger partial charge in [-0.1, -0.05) is 187 Å². The molecule has 0 fully saturated rings. The molecule has 0 aliphatic carbocycles. The lowest BCUT2D eigenvalue weighted by atomic mass is 9.37. The number of nitrogens with zero attached hydrogens (tertiary/aromatic N) is 1. The minimum atomic E-state index is 0.0851. The van der Waals surface area contributed by atoms with Crippen molar-refractivity contribution in [3.05, 3.63) is 218 Å². The van der Waals surface area contributed by atoms with E-state index in [4.69, 9.17) is 0 Å². The minimum Gasteiger partial charge on any atom is -0.311 e. The van der Waals surface area contributed by atoms with E-state index >= 15 is 0 Å². The third-order valence-electron chi connectivity index (χ3n) is 11.7. The lowest BCUT2D eigenvalue weighted by Gasteiger charge is -2.36. The summed E-state index contributed by atoms with van der Waals surface area (Å²) in [4.78, 5) is 2.52. The van der Waals surface area contributed by atoms with Crippen molar-refractivity contribution in [1.82, 2.24) is 0 Å². The quantitative estimate of drug-likeness (QED) is 0.155. The van der Waals surface area contributed by atoms with Crippen LogP contribution in [0.15, 0.2) is 218 Å². The summed E-state index contributed by atoms with van der Waals surface area (Å²) in [6.07, 6.45) is 0. The van der Waals surface area contributed by atoms with Crippen molar-refractivity contribution in [3.63, 3.8) is 0 Å². The van der Waals surface area contributed by atoms with Gasteiger partial charge in [-0.25, -0.2) is 0 Å². The number of hydrogen-bond acceptors (Lipinski definition) is 1. The number of fused-ring (bicyclic) bond motifs is 5. The monoisotopic (exact) mass is 709 g/mol. The third-order valence-corrected chi connectivity index (χ3v) is 11.7. The fraction of sp³-hybridized carbons (Fsp3) is 0. The molecule has 0 amide bonds. The van der Waals surface area contributed by atoms with Gasteiger partial charge in [0.1, 0.15) is 0 Å². The molecule has 0 radical (unpaired) electrons. The van der Waals surface area contributed by atoms with Crippen molar-refractivity contribution in [2.24, 2.45) is 0 Å². The van der Waals surface area contributed by atoms with Crippen LogP contribution in [0.25, 0.3) is 66.8 Å². The number of benzene rings is 9. The average molecular weight is 710 g/mol. The van der Waals surface area contributed by atoms with Crippen LogP contribution in [0.3, 0.4) is 0 Å². The van der Waals surface area contributed by atoms with E-state index in [1.165, 1.54) is 94.5 Å². The Labute approximate surface area is 328 Å². The zero-order chi connectivity index (χ0) is 37.0. The molecular weight excluding hydrogens is 673 g/mol. The molecule has 2 aliphatic rings. The van der Waals surface area contributed by atoms with Crippen LogP contribution in [0.4, 0.5) is 17.1 Å². The molecule has 2 heteroatoms. The molecule has 9 aromatic carbocycles. The Morgan fingerprint density at radius 1 is 0.268 bits per heavy atom. The van der Waals surface area contributed by atoms with E-state index in [0.717, 1.165) is 5.69 Å². The standard InChI is InChI=1S/C54H36BN/c1-5-14-37(15-6-1)41-24-28-47(29-25-41)56-52-31-27-45(40-20-11-4-12-21-40)35-51(52)55-50-34-44(39-18-9-3-10-19-39)26-30-48(50)49-33-46(36-53(56)54(49)55)43-23-13-22-42(32-43)38-16-7-2-8-17-38/h1-36H. The van der Waals surface area contributed by atoms with Gasteiger partial charge in [0, 0.05) is 17.1 Å². The zero-order valence-corrected chi connectivity index (χ0v) is 30.8. The van der Waals surface area contributed by atoms with E-state index in [-0.39, 0.29) is 6.71 Å². The van der Waals surface area contributed by atoms with Gasteiger partial charge in [0.25, 0.3) is 0 Å². The molecule has 0 saturated carbocycles. The number of anilines is 3. The fourth-order valence-electron chi connectivity index (χ4n) is 9.00. The third kappa shape index (κ3) is 5.41. The summed E-state index contributed by atoms with van der Waals surface area (Å²) < 4.78 is 0. The Bertz CT molecular complexity index is 2880. The number of hydrogen-bond donors (Lipinski definition) is 0. The molecule has 260 valence electrons. The summed E-state index contributed by atoms with van der Waals surface area (Å²) in [5.74, 6) is 0. The van der Waals surface area contributed by atoms with Crippen LogP contribution in [0.5, 0.6) is 0 Å². The Balaban J connectivity index is 1.16. The Hall–Kier alpha value is -7.16. The molecule has 0 unspecified atom stereocenters. The SMILES string of the molecule is c1ccc(-c2ccc(N3c4ccc(-c5ccccc5)cc4B4c5cc(-c6ccccc6)ccc5-c5cc(-c6cccc(-c7ccccc7)c6)cc3c54)cc2)cc1. The Morgan fingerprint density at radius 3 is 1.30 bits per heavy atom. The van der Waals surface area contributed by atoms with Crippen molar-refractivity contribution in [2.45, 2.75) is 0 Å². The van der Waals surface area contributed by atoms with Crippen molar-refractivity contribution >= 4 is 40.2 Å². The van der Waals surface area contributed by atoms with E-state index in [1.807, 2.05) is 0 Å². The summed E-state index contributed by atoms with van der Waals surface area (Å²) in [6.45, 7) is 0.0851. The van der Waals surface area contributed by atoms with Gasteiger partial charge in [0.05, 0.1) is 0 Å². The van der Waals surface area contributed by atoms with Crippen molar-refractivity contribution < 1.29 is 0 Å². The van der Waals surface area contributed by atoms with Crippen LogP contribution >= 0.6 is 0 Å². The lowest BCUT2D eigenvalue weighted by molar-refractivity contribution is 1.30. The average Bonchev–Trinajstić information content (AvgIpc) is 3.62. The van der Waals surface area contributed by atoms with Gasteiger partial charge in [-0.2, -0.15) is 0 Å². The molecule has 11 rings (SSSR count). The Morgan fingerprint density at radius 2 is 0.714 bits per heavy atom. The first-order valence-corrected chi connectivity index (χ1v) is 19.5. The first-order valence-electron chi connectivity index (χ1n) is 19.5. The van der Waals surface area contributed by atoms with E-state index in [0.29, 0.717) is 0 Å². The summed E-state index contributed by atoms with van der Waals surface area (Å²) in [6, 6.07) is 80.2. The zero-order valence-electron chi connectivity index (χ0n) is 30.8. The van der Waals surface area contributed by atoms with Gasteiger partial charge in [0.2, 0.25) is 6.71 Å². The topological polar surface area (TPSA) is 3.24 Å². The van der Waals surface area contributed by atoms with Crippen molar-refractivity contribution in [2.75, 3.05) is 4.90 Å². The molecule has 0 N–H and O–H groups in total. The highest BCUT2D eigenvalue weighted by molar-refractivity contribution is 7.01. The molecule has 0 aromatic heterocycles. The van der Waals surface area contributed by atoms with E-state index < -0.39 is 0 Å². The van der Waals surface area contributed by atoms with Gasteiger partial charge in [-0.05, 0) is 114 Å². The van der Waals surface area contributed by atoms with Crippen LogP contribution in [-0.4, -0.2) is 6.71 Å². The Kier molecular flexibility index (Phi) is 7.67. The van der Waals surface area contributed by atoms with Crippen LogP contribution < -0.4 is 21.3 Å². The lowest BCUT2D eigenvalue weighted by Crippen LogP contribution is -2.54. The van der Waals surface area contributed by atoms with E-state index in [2.05, 4.69) is 223 Å². The molecule has 0 spiro atoms. The highest BCUT2D eigenvalue weighted by atomic mass is 15.2. The first kappa shape index (κ1) is 32.3. The number of rotatable bonds is 6. The molecule has 1 nitrogen and oxygen atoms in total. The second-order valence-corrected chi connectivity index (χ2v) is 14.9. The largest absolute Gasteiger partial charge is 0.311 e. The van der Waals surface area contributed by atoms with Crippen LogP contribution in [0, 0.1) is 0 Å².